The molecule has 3 rings (SSSR count). The lowest BCUT2D eigenvalue weighted by atomic mass is 9.82. The molecule has 1 fully saturated rings. The van der Waals surface area contributed by atoms with E-state index in [2.05, 4.69) is 10.1 Å². The van der Waals surface area contributed by atoms with E-state index in [9.17, 15) is 19.1 Å². The van der Waals surface area contributed by atoms with Crippen LogP contribution in [0.2, 0.25) is 0 Å². The van der Waals surface area contributed by atoms with Crippen LogP contribution in [0.25, 0.3) is 5.69 Å². The van der Waals surface area contributed by atoms with Gasteiger partial charge < -0.3 is 10.0 Å². The largest absolute Gasteiger partial charge is 0.481 e. The molecule has 0 aliphatic carbocycles. The van der Waals surface area contributed by atoms with Crippen LogP contribution in [0.5, 0.6) is 0 Å². The third-order valence-electron chi connectivity index (χ3n) is 4.53. The lowest BCUT2D eigenvalue weighted by Gasteiger charge is -2.36. The Kier molecular flexibility index (Phi) is 4.28. The molecule has 1 aliphatic rings. The van der Waals surface area contributed by atoms with Gasteiger partial charge in [-0.3, -0.25) is 9.59 Å². The van der Waals surface area contributed by atoms with E-state index in [1.54, 1.807) is 26.0 Å². The molecular formula is C17H19FN4O3. The van der Waals surface area contributed by atoms with Crippen molar-refractivity contribution in [2.75, 3.05) is 13.1 Å². The van der Waals surface area contributed by atoms with Crippen LogP contribution in [-0.2, 0) is 4.79 Å². The molecule has 25 heavy (non-hydrogen) atoms. The molecule has 0 bridgehead atoms. The molecule has 0 spiro atoms. The van der Waals surface area contributed by atoms with E-state index in [1.807, 2.05) is 0 Å². The highest BCUT2D eigenvalue weighted by Crippen LogP contribution is 2.30. The second-order valence-corrected chi connectivity index (χ2v) is 6.57. The number of likely N-dealkylation sites (tertiary alicyclic amines) is 1. The van der Waals surface area contributed by atoms with Gasteiger partial charge in [0.15, 0.2) is 0 Å². The number of aliphatic carboxylic acids is 1. The lowest BCUT2D eigenvalue weighted by molar-refractivity contribution is -0.150. The number of halogens is 1. The van der Waals surface area contributed by atoms with Crippen molar-refractivity contribution in [3.63, 3.8) is 0 Å². The molecule has 132 valence electrons. The van der Waals surface area contributed by atoms with Gasteiger partial charge in [0, 0.05) is 13.1 Å². The normalized spacial score (nSPS) is 20.5. The van der Waals surface area contributed by atoms with Crippen molar-refractivity contribution in [2.24, 2.45) is 5.41 Å². The number of nitrogens with zero attached hydrogens (tertiary/aromatic N) is 4. The number of carboxylic acids is 1. The maximum absolute atomic E-state index is 13.1. The molecule has 1 unspecified atom stereocenters. The maximum Gasteiger partial charge on any atom is 0.311 e. The summed E-state index contributed by atoms with van der Waals surface area (Å²) in [7, 11) is 0. The molecule has 1 aliphatic heterocycles. The molecule has 1 atom stereocenters. The van der Waals surface area contributed by atoms with E-state index >= 15 is 0 Å². The standard InChI is InChI=1S/C17H19FN4O3/c1-11-19-14(20-22(11)13-6-4-12(18)5-7-13)15(23)21-9-3-8-17(2,10-21)16(24)25/h4-7H,3,8-10H2,1-2H3,(H,24,25). The SMILES string of the molecule is Cc1nc(C(=O)N2CCCC(C)(C(=O)O)C2)nn1-c1ccc(F)cc1. The molecule has 1 aromatic heterocycles. The Morgan fingerprint density at radius 1 is 1.28 bits per heavy atom. The zero-order valence-electron chi connectivity index (χ0n) is 14.1. The van der Waals surface area contributed by atoms with E-state index < -0.39 is 17.3 Å². The second kappa shape index (κ2) is 6.27. The first-order valence-electron chi connectivity index (χ1n) is 8.02. The van der Waals surface area contributed by atoms with Gasteiger partial charge in [0.25, 0.3) is 5.91 Å². The Balaban J connectivity index is 1.85. The summed E-state index contributed by atoms with van der Waals surface area (Å²) in [6, 6.07) is 5.71. The van der Waals surface area contributed by atoms with Crippen LogP contribution in [0, 0.1) is 18.2 Å². The minimum atomic E-state index is -0.956. The Morgan fingerprint density at radius 2 is 1.96 bits per heavy atom. The predicted molar refractivity (Wildman–Crippen MR) is 86.9 cm³/mol. The van der Waals surface area contributed by atoms with Gasteiger partial charge in [-0.1, -0.05) is 0 Å². The summed E-state index contributed by atoms with van der Waals surface area (Å²) in [4.78, 5) is 29.8. The molecular weight excluding hydrogens is 327 g/mol. The number of aromatic nitrogens is 3. The zero-order valence-corrected chi connectivity index (χ0v) is 14.1. The predicted octanol–water partition coefficient (Wildman–Crippen LogP) is 2.04. The third-order valence-corrected chi connectivity index (χ3v) is 4.53. The Bertz CT molecular complexity index is 818. The van der Waals surface area contributed by atoms with Crippen LogP contribution in [0.1, 0.15) is 36.2 Å². The number of hydrogen-bond donors (Lipinski definition) is 1. The highest BCUT2D eigenvalue weighted by molar-refractivity contribution is 5.91. The van der Waals surface area contributed by atoms with Gasteiger partial charge in [0.05, 0.1) is 11.1 Å². The highest BCUT2D eigenvalue weighted by Gasteiger charge is 2.40. The van der Waals surface area contributed by atoms with Crippen molar-refractivity contribution in [1.29, 1.82) is 0 Å². The summed E-state index contributed by atoms with van der Waals surface area (Å²) in [6.07, 6.45) is 1.15. The Morgan fingerprint density at radius 3 is 2.60 bits per heavy atom. The number of carbonyl (C=O) groups is 2. The van der Waals surface area contributed by atoms with Crippen LogP contribution < -0.4 is 0 Å². The van der Waals surface area contributed by atoms with Crippen molar-refractivity contribution in [3.05, 3.63) is 41.7 Å². The van der Waals surface area contributed by atoms with E-state index in [-0.39, 0.29) is 18.2 Å². The topological polar surface area (TPSA) is 88.3 Å². The summed E-state index contributed by atoms with van der Waals surface area (Å²) in [6.45, 7) is 3.95. The summed E-state index contributed by atoms with van der Waals surface area (Å²) < 4.78 is 14.5. The first-order chi connectivity index (χ1) is 11.8. The molecule has 1 saturated heterocycles. The molecule has 0 radical (unpaired) electrons. The fourth-order valence-corrected chi connectivity index (χ4v) is 3.04. The minimum absolute atomic E-state index is 0.0106. The van der Waals surface area contributed by atoms with Gasteiger partial charge in [-0.2, -0.15) is 0 Å². The number of piperidine rings is 1. The molecule has 2 aromatic rings. The molecule has 7 nitrogen and oxygen atoms in total. The average molecular weight is 346 g/mol. The van der Waals surface area contributed by atoms with Crippen LogP contribution in [-0.4, -0.2) is 49.7 Å². The summed E-state index contributed by atoms with van der Waals surface area (Å²) in [5.41, 5.74) is -0.359. The monoisotopic (exact) mass is 346 g/mol. The number of aryl methyl sites for hydroxylation is 1. The van der Waals surface area contributed by atoms with E-state index in [4.69, 9.17) is 0 Å². The smallest absolute Gasteiger partial charge is 0.311 e. The number of carbonyl (C=O) groups excluding carboxylic acids is 1. The molecule has 2 heterocycles. The van der Waals surface area contributed by atoms with Gasteiger partial charge in [0.2, 0.25) is 5.82 Å². The summed E-state index contributed by atoms with van der Waals surface area (Å²) in [5, 5.41) is 13.6. The molecule has 0 saturated carbocycles. The summed E-state index contributed by atoms with van der Waals surface area (Å²) >= 11 is 0. The van der Waals surface area contributed by atoms with Crippen LogP contribution in [0.15, 0.2) is 24.3 Å². The van der Waals surface area contributed by atoms with E-state index in [0.717, 1.165) is 0 Å². The van der Waals surface area contributed by atoms with Gasteiger partial charge in [-0.25, -0.2) is 14.1 Å². The Labute approximate surface area is 144 Å². The lowest BCUT2D eigenvalue weighted by Crippen LogP contribution is -2.48. The van der Waals surface area contributed by atoms with Crippen molar-refractivity contribution >= 4 is 11.9 Å². The first kappa shape index (κ1) is 17.1. The van der Waals surface area contributed by atoms with Crippen LogP contribution in [0.3, 0.4) is 0 Å². The average Bonchev–Trinajstić information content (AvgIpc) is 2.96. The van der Waals surface area contributed by atoms with Crippen LogP contribution in [0.4, 0.5) is 4.39 Å². The molecule has 1 amide bonds. The number of hydrogen-bond acceptors (Lipinski definition) is 4. The van der Waals surface area contributed by atoms with Crippen molar-refractivity contribution < 1.29 is 19.1 Å². The third kappa shape index (κ3) is 3.24. The Hall–Kier alpha value is -2.77. The van der Waals surface area contributed by atoms with E-state index in [1.165, 1.54) is 21.7 Å². The number of benzene rings is 1. The van der Waals surface area contributed by atoms with Gasteiger partial charge in [0.1, 0.15) is 11.6 Å². The van der Waals surface area contributed by atoms with Crippen LogP contribution >= 0.6 is 0 Å². The maximum atomic E-state index is 13.1. The number of rotatable bonds is 3. The van der Waals surface area contributed by atoms with Crippen molar-refractivity contribution in [2.45, 2.75) is 26.7 Å². The highest BCUT2D eigenvalue weighted by atomic mass is 19.1. The van der Waals surface area contributed by atoms with Gasteiger partial charge >= 0.3 is 5.97 Å². The second-order valence-electron chi connectivity index (χ2n) is 6.57. The first-order valence-corrected chi connectivity index (χ1v) is 8.02. The fourth-order valence-electron chi connectivity index (χ4n) is 3.04. The number of amides is 1. The van der Waals surface area contributed by atoms with Crippen molar-refractivity contribution in [1.82, 2.24) is 19.7 Å². The zero-order chi connectivity index (χ0) is 18.2. The molecule has 1 aromatic carbocycles. The van der Waals surface area contributed by atoms with E-state index in [0.29, 0.717) is 30.9 Å². The van der Waals surface area contributed by atoms with Gasteiger partial charge in [-0.15, -0.1) is 5.10 Å². The minimum Gasteiger partial charge on any atom is -0.481 e. The quantitative estimate of drug-likeness (QED) is 0.919. The number of carboxylic acid groups (broad SMARTS) is 1. The fraction of sp³-hybridized carbons (Fsp3) is 0.412. The molecule has 1 N–H and O–H groups in total. The van der Waals surface area contributed by atoms with Gasteiger partial charge in [-0.05, 0) is 51.0 Å². The molecule has 8 heteroatoms. The van der Waals surface area contributed by atoms with Crippen molar-refractivity contribution in [3.8, 4) is 5.69 Å². The summed E-state index contributed by atoms with van der Waals surface area (Å²) in [5.74, 6) is -1.16.